The van der Waals surface area contributed by atoms with Crippen LogP contribution in [0.3, 0.4) is 0 Å². The SMILES string of the molecule is CC/C=C/[C@H]1CC[C@H](CC[C@H]2CC[C@H](COC)CC2)CC1. The first kappa shape index (κ1) is 17.1. The Labute approximate surface area is 132 Å². The Balaban J connectivity index is 1.57. The third kappa shape index (κ3) is 6.14. The van der Waals surface area contributed by atoms with E-state index in [1.807, 2.05) is 7.11 Å². The molecule has 0 aromatic rings. The van der Waals surface area contributed by atoms with Crippen LogP contribution in [0.2, 0.25) is 0 Å². The molecule has 0 atom stereocenters. The summed E-state index contributed by atoms with van der Waals surface area (Å²) in [4.78, 5) is 0. The van der Waals surface area contributed by atoms with Crippen molar-refractivity contribution in [1.82, 2.24) is 0 Å². The van der Waals surface area contributed by atoms with E-state index < -0.39 is 0 Å². The lowest BCUT2D eigenvalue weighted by atomic mass is 9.75. The lowest BCUT2D eigenvalue weighted by molar-refractivity contribution is 0.115. The van der Waals surface area contributed by atoms with Crippen LogP contribution in [0.5, 0.6) is 0 Å². The van der Waals surface area contributed by atoms with Crippen LogP contribution in [0.4, 0.5) is 0 Å². The average Bonchev–Trinajstić information content (AvgIpc) is 2.53. The van der Waals surface area contributed by atoms with Crippen molar-refractivity contribution in [3.63, 3.8) is 0 Å². The lowest BCUT2D eigenvalue weighted by Crippen LogP contribution is -2.19. The molecule has 2 fully saturated rings. The molecule has 0 heterocycles. The molecule has 1 nitrogen and oxygen atoms in total. The highest BCUT2D eigenvalue weighted by Crippen LogP contribution is 2.36. The highest BCUT2D eigenvalue weighted by atomic mass is 16.5. The number of methoxy groups -OCH3 is 1. The lowest BCUT2D eigenvalue weighted by Gasteiger charge is -2.31. The van der Waals surface area contributed by atoms with Crippen LogP contribution >= 0.6 is 0 Å². The normalized spacial score (nSPS) is 34.4. The summed E-state index contributed by atoms with van der Waals surface area (Å²) >= 11 is 0. The standard InChI is InChI=1S/C20H36O/c1-3-4-5-17-6-8-18(9-7-17)10-11-19-12-14-20(15-13-19)16-21-2/h4-5,17-20H,3,6-16H2,1-2H3/b5-4+/t17-,18-,19-,20-. The fraction of sp³-hybridized carbons (Fsp3) is 0.900. The quantitative estimate of drug-likeness (QED) is 0.523. The monoisotopic (exact) mass is 292 g/mol. The molecular weight excluding hydrogens is 256 g/mol. The number of rotatable bonds is 7. The Kier molecular flexibility index (Phi) is 7.85. The van der Waals surface area contributed by atoms with Gasteiger partial charge >= 0.3 is 0 Å². The predicted molar refractivity (Wildman–Crippen MR) is 91.4 cm³/mol. The van der Waals surface area contributed by atoms with E-state index in [0.717, 1.165) is 30.3 Å². The van der Waals surface area contributed by atoms with Gasteiger partial charge in [0, 0.05) is 13.7 Å². The highest BCUT2D eigenvalue weighted by molar-refractivity contribution is 4.90. The molecule has 0 bridgehead atoms. The average molecular weight is 293 g/mol. The Bertz CT molecular complexity index is 280. The largest absolute Gasteiger partial charge is 0.384 e. The summed E-state index contributed by atoms with van der Waals surface area (Å²) in [7, 11) is 1.85. The van der Waals surface area contributed by atoms with Crippen molar-refractivity contribution in [3.05, 3.63) is 12.2 Å². The fourth-order valence-corrected chi connectivity index (χ4v) is 4.39. The van der Waals surface area contributed by atoms with Gasteiger partial charge in [-0.15, -0.1) is 0 Å². The number of hydrogen-bond donors (Lipinski definition) is 0. The third-order valence-corrected chi connectivity index (χ3v) is 5.89. The fourth-order valence-electron chi connectivity index (χ4n) is 4.39. The molecule has 0 aromatic carbocycles. The summed E-state index contributed by atoms with van der Waals surface area (Å²) in [6, 6.07) is 0. The molecule has 0 spiro atoms. The summed E-state index contributed by atoms with van der Waals surface area (Å²) in [5, 5.41) is 0. The van der Waals surface area contributed by atoms with Crippen molar-refractivity contribution >= 4 is 0 Å². The molecule has 0 N–H and O–H groups in total. The molecule has 0 aromatic heterocycles. The van der Waals surface area contributed by atoms with E-state index in [-0.39, 0.29) is 0 Å². The van der Waals surface area contributed by atoms with Crippen molar-refractivity contribution < 1.29 is 4.74 Å². The van der Waals surface area contributed by atoms with Gasteiger partial charge in [0.15, 0.2) is 0 Å². The zero-order valence-corrected chi connectivity index (χ0v) is 14.4. The minimum absolute atomic E-state index is 0.854. The van der Waals surface area contributed by atoms with E-state index in [9.17, 15) is 0 Å². The molecule has 2 aliphatic rings. The van der Waals surface area contributed by atoms with Crippen molar-refractivity contribution in [2.75, 3.05) is 13.7 Å². The van der Waals surface area contributed by atoms with Gasteiger partial charge < -0.3 is 4.74 Å². The van der Waals surface area contributed by atoms with E-state index >= 15 is 0 Å². The van der Waals surface area contributed by atoms with Gasteiger partial charge in [0.05, 0.1) is 0 Å². The second-order valence-corrected chi connectivity index (χ2v) is 7.54. The van der Waals surface area contributed by atoms with Crippen LogP contribution in [-0.4, -0.2) is 13.7 Å². The van der Waals surface area contributed by atoms with E-state index in [0.29, 0.717) is 0 Å². The Hall–Kier alpha value is -0.300. The molecule has 2 rings (SSSR count). The Morgan fingerprint density at radius 2 is 1.33 bits per heavy atom. The highest BCUT2D eigenvalue weighted by Gasteiger charge is 2.24. The van der Waals surface area contributed by atoms with Crippen LogP contribution in [0.1, 0.15) is 77.6 Å². The molecule has 21 heavy (non-hydrogen) atoms. The maximum atomic E-state index is 5.30. The molecule has 0 radical (unpaired) electrons. The first-order valence-electron chi connectivity index (χ1n) is 9.47. The molecule has 0 aliphatic heterocycles. The van der Waals surface area contributed by atoms with E-state index in [2.05, 4.69) is 19.1 Å². The van der Waals surface area contributed by atoms with Gasteiger partial charge in [-0.3, -0.25) is 0 Å². The van der Waals surface area contributed by atoms with Gasteiger partial charge in [0.2, 0.25) is 0 Å². The van der Waals surface area contributed by atoms with Crippen molar-refractivity contribution in [2.45, 2.75) is 77.6 Å². The summed E-state index contributed by atoms with van der Waals surface area (Å²) in [5.74, 6) is 3.81. The first-order chi connectivity index (χ1) is 10.3. The van der Waals surface area contributed by atoms with Crippen molar-refractivity contribution in [3.8, 4) is 0 Å². The smallest absolute Gasteiger partial charge is 0.0490 e. The molecule has 2 aliphatic carbocycles. The second kappa shape index (κ2) is 9.66. The maximum absolute atomic E-state index is 5.30. The summed E-state index contributed by atoms with van der Waals surface area (Å²) in [6.45, 7) is 3.23. The molecule has 0 unspecified atom stereocenters. The van der Waals surface area contributed by atoms with Crippen LogP contribution in [0, 0.1) is 23.7 Å². The van der Waals surface area contributed by atoms with E-state index in [1.165, 1.54) is 70.6 Å². The van der Waals surface area contributed by atoms with Gasteiger partial charge in [-0.2, -0.15) is 0 Å². The molecule has 0 saturated heterocycles. The Morgan fingerprint density at radius 1 is 0.810 bits per heavy atom. The summed E-state index contributed by atoms with van der Waals surface area (Å²) in [5.41, 5.74) is 0. The zero-order valence-electron chi connectivity index (χ0n) is 14.4. The van der Waals surface area contributed by atoms with Gasteiger partial charge in [-0.25, -0.2) is 0 Å². The van der Waals surface area contributed by atoms with Gasteiger partial charge in [-0.05, 0) is 68.6 Å². The molecule has 2 saturated carbocycles. The first-order valence-corrected chi connectivity index (χ1v) is 9.47. The number of allylic oxidation sites excluding steroid dienone is 2. The topological polar surface area (TPSA) is 9.23 Å². The van der Waals surface area contributed by atoms with Crippen LogP contribution in [0.15, 0.2) is 12.2 Å². The number of ether oxygens (including phenoxy) is 1. The van der Waals surface area contributed by atoms with Crippen LogP contribution < -0.4 is 0 Å². The second-order valence-electron chi connectivity index (χ2n) is 7.54. The maximum Gasteiger partial charge on any atom is 0.0490 e. The van der Waals surface area contributed by atoms with E-state index in [1.54, 1.807) is 0 Å². The molecule has 0 amide bonds. The zero-order chi connectivity index (χ0) is 14.9. The molecule has 122 valence electrons. The van der Waals surface area contributed by atoms with Crippen molar-refractivity contribution in [1.29, 1.82) is 0 Å². The minimum Gasteiger partial charge on any atom is -0.384 e. The van der Waals surface area contributed by atoms with Crippen LogP contribution in [-0.2, 0) is 4.74 Å². The Morgan fingerprint density at radius 3 is 1.86 bits per heavy atom. The van der Waals surface area contributed by atoms with Gasteiger partial charge in [0.25, 0.3) is 0 Å². The third-order valence-electron chi connectivity index (χ3n) is 5.89. The molecular formula is C20H36O. The number of hydrogen-bond acceptors (Lipinski definition) is 1. The van der Waals surface area contributed by atoms with Gasteiger partial charge in [0.1, 0.15) is 0 Å². The predicted octanol–water partition coefficient (Wildman–Crippen LogP) is 5.99. The van der Waals surface area contributed by atoms with Crippen LogP contribution in [0.25, 0.3) is 0 Å². The summed E-state index contributed by atoms with van der Waals surface area (Å²) < 4.78 is 5.30. The van der Waals surface area contributed by atoms with Gasteiger partial charge in [-0.1, -0.05) is 44.8 Å². The van der Waals surface area contributed by atoms with Crippen molar-refractivity contribution in [2.24, 2.45) is 23.7 Å². The van der Waals surface area contributed by atoms with E-state index in [4.69, 9.17) is 4.74 Å². The summed E-state index contributed by atoms with van der Waals surface area (Å²) in [6.07, 6.45) is 20.6. The minimum atomic E-state index is 0.854. The molecule has 1 heteroatoms.